The molecule has 0 saturated carbocycles. The van der Waals surface area contributed by atoms with E-state index in [1.54, 1.807) is 6.07 Å². The third kappa shape index (κ3) is 3.58. The largest absolute Gasteiger partial charge is 0.297 e. The number of Topliss-reactive ketones (excluding diaryl/α,β-unsaturated/α-hetero) is 1. The molecular formula is C16H23ClFNO. The molecule has 0 aliphatic carbocycles. The van der Waals surface area contributed by atoms with Gasteiger partial charge in [0.05, 0.1) is 5.54 Å². The number of hydrogen-bond donors (Lipinski definition) is 0. The normalized spacial score (nSPS) is 14.3. The summed E-state index contributed by atoms with van der Waals surface area (Å²) in [7, 11) is 0. The zero-order valence-electron chi connectivity index (χ0n) is 12.7. The third-order valence-electron chi connectivity index (χ3n) is 4.12. The van der Waals surface area contributed by atoms with E-state index in [0.717, 1.165) is 19.5 Å². The van der Waals surface area contributed by atoms with Crippen molar-refractivity contribution in [1.82, 2.24) is 4.90 Å². The van der Waals surface area contributed by atoms with Crippen molar-refractivity contribution in [2.45, 2.75) is 46.1 Å². The minimum Gasteiger partial charge on any atom is -0.297 e. The van der Waals surface area contributed by atoms with Crippen LogP contribution in [0.15, 0.2) is 18.2 Å². The number of hydrogen-bond acceptors (Lipinski definition) is 2. The molecule has 0 bridgehead atoms. The van der Waals surface area contributed by atoms with Crippen molar-refractivity contribution in [3.05, 3.63) is 34.6 Å². The molecule has 112 valence electrons. The molecule has 0 saturated heterocycles. The summed E-state index contributed by atoms with van der Waals surface area (Å²) >= 11 is 6.01. The van der Waals surface area contributed by atoms with E-state index in [-0.39, 0.29) is 18.0 Å². The monoisotopic (exact) mass is 299 g/mol. The molecule has 1 aromatic carbocycles. The van der Waals surface area contributed by atoms with Crippen molar-refractivity contribution >= 4 is 17.4 Å². The Morgan fingerprint density at radius 1 is 1.30 bits per heavy atom. The van der Waals surface area contributed by atoms with Crippen molar-refractivity contribution in [3.63, 3.8) is 0 Å². The number of carbonyl (C=O) groups excluding carboxylic acids is 1. The van der Waals surface area contributed by atoms with Gasteiger partial charge in [0.1, 0.15) is 5.82 Å². The van der Waals surface area contributed by atoms with Crippen LogP contribution < -0.4 is 0 Å². The maximum absolute atomic E-state index is 13.0. The third-order valence-corrected chi connectivity index (χ3v) is 4.47. The zero-order chi connectivity index (χ0) is 15.3. The van der Waals surface area contributed by atoms with E-state index >= 15 is 0 Å². The van der Waals surface area contributed by atoms with Gasteiger partial charge in [-0.05, 0) is 44.1 Å². The van der Waals surface area contributed by atoms with E-state index < -0.39 is 5.54 Å². The van der Waals surface area contributed by atoms with Crippen molar-refractivity contribution < 1.29 is 9.18 Å². The molecule has 0 aliphatic rings. The quantitative estimate of drug-likeness (QED) is 0.755. The minimum atomic E-state index is -0.499. The van der Waals surface area contributed by atoms with Crippen molar-refractivity contribution in [3.8, 4) is 0 Å². The first-order valence-corrected chi connectivity index (χ1v) is 7.49. The van der Waals surface area contributed by atoms with E-state index in [4.69, 9.17) is 11.6 Å². The SMILES string of the molecule is CCN(CC)C(C)(CC)C(=O)Cc1ccc(F)cc1Cl. The molecule has 1 rings (SSSR count). The molecule has 0 fully saturated rings. The molecule has 0 N–H and O–H groups in total. The zero-order valence-corrected chi connectivity index (χ0v) is 13.4. The molecular weight excluding hydrogens is 277 g/mol. The van der Waals surface area contributed by atoms with Crippen LogP contribution in [0.3, 0.4) is 0 Å². The van der Waals surface area contributed by atoms with Gasteiger partial charge in [0.2, 0.25) is 0 Å². The van der Waals surface area contributed by atoms with Gasteiger partial charge >= 0.3 is 0 Å². The molecule has 4 heteroatoms. The highest BCUT2D eigenvalue weighted by Crippen LogP contribution is 2.25. The molecule has 0 radical (unpaired) electrons. The Morgan fingerprint density at radius 3 is 2.35 bits per heavy atom. The Hall–Kier alpha value is -0.930. The average Bonchev–Trinajstić information content (AvgIpc) is 2.42. The summed E-state index contributed by atoms with van der Waals surface area (Å²) in [6.07, 6.45) is 0.978. The Labute approximate surface area is 125 Å². The van der Waals surface area contributed by atoms with E-state index in [0.29, 0.717) is 10.6 Å². The van der Waals surface area contributed by atoms with Gasteiger partial charge in [-0.15, -0.1) is 0 Å². The average molecular weight is 300 g/mol. The lowest BCUT2D eigenvalue weighted by atomic mass is 9.87. The highest BCUT2D eigenvalue weighted by Gasteiger charge is 2.35. The maximum Gasteiger partial charge on any atom is 0.157 e. The van der Waals surface area contributed by atoms with Crippen LogP contribution in [0.4, 0.5) is 4.39 Å². The molecule has 0 heterocycles. The molecule has 0 aliphatic heterocycles. The minimum absolute atomic E-state index is 0.122. The van der Waals surface area contributed by atoms with Crippen molar-refractivity contribution in [1.29, 1.82) is 0 Å². The van der Waals surface area contributed by atoms with E-state index in [1.165, 1.54) is 12.1 Å². The lowest BCUT2D eigenvalue weighted by Crippen LogP contribution is -2.52. The first-order valence-electron chi connectivity index (χ1n) is 7.11. The van der Waals surface area contributed by atoms with Crippen molar-refractivity contribution in [2.75, 3.05) is 13.1 Å². The summed E-state index contributed by atoms with van der Waals surface area (Å²) in [6.45, 7) is 9.74. The maximum atomic E-state index is 13.0. The molecule has 0 amide bonds. The van der Waals surface area contributed by atoms with Crippen LogP contribution in [0.1, 0.15) is 39.7 Å². The summed E-state index contributed by atoms with van der Waals surface area (Å²) in [4.78, 5) is 14.8. The van der Waals surface area contributed by atoms with E-state index in [1.807, 2.05) is 13.8 Å². The predicted octanol–water partition coefficient (Wildman–Crippen LogP) is 4.10. The molecule has 0 spiro atoms. The van der Waals surface area contributed by atoms with Crippen LogP contribution in [0, 0.1) is 5.82 Å². The van der Waals surface area contributed by atoms with Crippen LogP contribution in [0.25, 0.3) is 0 Å². The molecule has 1 aromatic rings. The lowest BCUT2D eigenvalue weighted by molar-refractivity contribution is -0.129. The molecule has 1 atom stereocenters. The highest BCUT2D eigenvalue weighted by molar-refractivity contribution is 6.31. The van der Waals surface area contributed by atoms with Gasteiger partial charge in [0.25, 0.3) is 0 Å². The fourth-order valence-electron chi connectivity index (χ4n) is 2.55. The summed E-state index contributed by atoms with van der Waals surface area (Å²) in [5.74, 6) is -0.259. The fraction of sp³-hybridized carbons (Fsp3) is 0.562. The topological polar surface area (TPSA) is 20.3 Å². The smallest absolute Gasteiger partial charge is 0.157 e. The molecule has 0 aromatic heterocycles. The Bertz CT molecular complexity index is 474. The second-order valence-electron chi connectivity index (χ2n) is 5.14. The second kappa shape index (κ2) is 7.19. The van der Waals surface area contributed by atoms with Gasteiger partial charge in [-0.3, -0.25) is 9.69 Å². The highest BCUT2D eigenvalue weighted by atomic mass is 35.5. The number of halogens is 2. The number of benzene rings is 1. The first kappa shape index (κ1) is 17.1. The van der Waals surface area contributed by atoms with Gasteiger partial charge in [0.15, 0.2) is 5.78 Å². The van der Waals surface area contributed by atoms with Gasteiger partial charge in [-0.2, -0.15) is 0 Å². The molecule has 1 unspecified atom stereocenters. The van der Waals surface area contributed by atoms with Crippen LogP contribution in [-0.2, 0) is 11.2 Å². The van der Waals surface area contributed by atoms with Crippen LogP contribution in [-0.4, -0.2) is 29.3 Å². The summed E-state index contributed by atoms with van der Waals surface area (Å²) in [5.41, 5.74) is 0.186. The second-order valence-corrected chi connectivity index (χ2v) is 5.54. The Balaban J connectivity index is 2.97. The fourth-order valence-corrected chi connectivity index (χ4v) is 2.78. The number of nitrogens with zero attached hydrogens (tertiary/aromatic N) is 1. The van der Waals surface area contributed by atoms with Crippen molar-refractivity contribution in [2.24, 2.45) is 0 Å². The molecule has 20 heavy (non-hydrogen) atoms. The van der Waals surface area contributed by atoms with Crippen LogP contribution >= 0.6 is 11.6 Å². The van der Waals surface area contributed by atoms with Crippen LogP contribution in [0.5, 0.6) is 0 Å². The Morgan fingerprint density at radius 2 is 1.90 bits per heavy atom. The van der Waals surface area contributed by atoms with Crippen LogP contribution in [0.2, 0.25) is 5.02 Å². The summed E-state index contributed by atoms with van der Waals surface area (Å²) in [5, 5.41) is 0.316. The molecule has 2 nitrogen and oxygen atoms in total. The number of carbonyl (C=O) groups is 1. The summed E-state index contributed by atoms with van der Waals surface area (Å²) < 4.78 is 13.0. The number of rotatable bonds is 7. The lowest BCUT2D eigenvalue weighted by Gasteiger charge is -2.38. The van der Waals surface area contributed by atoms with E-state index in [9.17, 15) is 9.18 Å². The summed E-state index contributed by atoms with van der Waals surface area (Å²) in [6, 6.07) is 4.19. The van der Waals surface area contributed by atoms with Gasteiger partial charge < -0.3 is 0 Å². The Kier molecular flexibility index (Phi) is 6.15. The number of ketones is 1. The predicted molar refractivity (Wildman–Crippen MR) is 81.7 cm³/mol. The van der Waals surface area contributed by atoms with Gasteiger partial charge in [0, 0.05) is 11.4 Å². The van der Waals surface area contributed by atoms with Gasteiger partial charge in [-0.25, -0.2) is 4.39 Å². The number of likely N-dealkylation sites (N-methyl/N-ethyl adjacent to an activating group) is 1. The van der Waals surface area contributed by atoms with Gasteiger partial charge in [-0.1, -0.05) is 38.4 Å². The standard InChI is InChI=1S/C16H23ClFNO/c1-5-16(4,19(6-2)7-3)15(20)10-12-8-9-13(18)11-14(12)17/h8-9,11H,5-7,10H2,1-4H3. The van der Waals surface area contributed by atoms with E-state index in [2.05, 4.69) is 18.7 Å². The first-order chi connectivity index (χ1) is 9.38.